The van der Waals surface area contributed by atoms with Gasteiger partial charge in [0.15, 0.2) is 13.1 Å². The summed E-state index contributed by atoms with van der Waals surface area (Å²) in [5.74, 6) is -2.46. The van der Waals surface area contributed by atoms with Crippen LogP contribution in [0.4, 0.5) is 0 Å². The monoisotopic (exact) mass is 348 g/mol. The molecule has 0 spiro atoms. The Hall–Kier alpha value is -2.68. The maximum absolute atomic E-state index is 13.1. The third kappa shape index (κ3) is 2.05. The molecule has 1 aliphatic heterocycles. The lowest BCUT2D eigenvalue weighted by Crippen LogP contribution is -3.17. The molecule has 132 valence electrons. The van der Waals surface area contributed by atoms with Crippen molar-refractivity contribution in [3.8, 4) is 0 Å². The smallest absolute Gasteiger partial charge is 0.325 e. The molecule has 9 heteroatoms. The lowest BCUT2D eigenvalue weighted by Gasteiger charge is -2.47. The largest absolute Gasteiger partial charge is 0.341 e. The minimum absolute atomic E-state index is 0.0160. The molecule has 1 heterocycles. The number of carbonyl (C=O) groups is 2. The highest BCUT2D eigenvalue weighted by Gasteiger charge is 2.79. The zero-order valence-corrected chi connectivity index (χ0v) is 13.9. The van der Waals surface area contributed by atoms with Crippen LogP contribution >= 0.6 is 0 Å². The van der Waals surface area contributed by atoms with E-state index < -0.39 is 38.4 Å². The average Bonchev–Trinajstić information content (AvgIpc) is 2.53. The number of nitro groups is 2. The van der Waals surface area contributed by atoms with Gasteiger partial charge in [0.25, 0.3) is 0 Å². The summed E-state index contributed by atoms with van der Waals surface area (Å²) in [6.45, 7) is 1.04. The van der Waals surface area contributed by atoms with Gasteiger partial charge in [0, 0.05) is 27.4 Å². The number of likely N-dealkylation sites (tertiary alicyclic amines) is 1. The molecule has 1 fully saturated rings. The van der Waals surface area contributed by atoms with Crippen LogP contribution in [0.25, 0.3) is 0 Å². The van der Waals surface area contributed by atoms with E-state index in [4.69, 9.17) is 0 Å². The molecule has 4 atom stereocenters. The Bertz CT molecular complexity index is 809. The van der Waals surface area contributed by atoms with E-state index in [0.29, 0.717) is 4.90 Å². The number of ketones is 2. The first kappa shape index (κ1) is 17.2. The molecule has 1 aromatic rings. The van der Waals surface area contributed by atoms with Gasteiger partial charge in [0.1, 0.15) is 11.7 Å². The Morgan fingerprint density at radius 2 is 1.76 bits per heavy atom. The molecule has 2 aliphatic rings. The third-order valence-electron chi connectivity index (χ3n) is 5.47. The summed E-state index contributed by atoms with van der Waals surface area (Å²) < 4.78 is 0. The van der Waals surface area contributed by atoms with Crippen molar-refractivity contribution in [2.24, 2.45) is 5.92 Å². The van der Waals surface area contributed by atoms with Gasteiger partial charge < -0.3 is 9.69 Å². The van der Waals surface area contributed by atoms with Crippen LogP contribution < -0.4 is 4.90 Å². The highest BCUT2D eigenvalue weighted by Crippen LogP contribution is 2.50. The fourth-order valence-corrected chi connectivity index (χ4v) is 4.63. The molecule has 0 saturated carbocycles. The van der Waals surface area contributed by atoms with Gasteiger partial charge in [-0.2, -0.15) is 0 Å². The Morgan fingerprint density at radius 1 is 1.20 bits per heavy atom. The summed E-state index contributed by atoms with van der Waals surface area (Å²) in [4.78, 5) is 48.4. The minimum Gasteiger partial charge on any atom is -0.325 e. The number of benzene rings is 1. The Labute approximate surface area is 142 Å². The highest BCUT2D eigenvalue weighted by atomic mass is 16.6. The standard InChI is InChI=1S/C16H17N3O6/c1-10(20)7-13-15(18(22)23)8-17(2)9-16(13,19(24)25)14(21)11-5-3-4-6-12(11)15/h3-6,13H,7-9H2,1-2H3/p+1. The van der Waals surface area contributed by atoms with E-state index in [0.717, 1.165) is 0 Å². The molecule has 0 amide bonds. The number of rotatable bonds is 4. The number of fused-ring (bicyclic) bond motifs is 4. The van der Waals surface area contributed by atoms with Crippen molar-refractivity contribution in [1.82, 2.24) is 0 Å². The molecule has 2 bridgehead atoms. The fourth-order valence-electron chi connectivity index (χ4n) is 4.63. The van der Waals surface area contributed by atoms with E-state index in [2.05, 4.69) is 0 Å². The number of likely N-dealkylation sites (N-methyl/N-ethyl adjacent to an activating group) is 1. The first-order valence-corrected chi connectivity index (χ1v) is 7.92. The number of Topliss-reactive ketones (excluding diaryl/α,β-unsaturated/α-hetero) is 2. The maximum atomic E-state index is 13.1. The Morgan fingerprint density at radius 3 is 2.32 bits per heavy atom. The summed E-state index contributed by atoms with van der Waals surface area (Å²) in [5, 5.41) is 24.3. The van der Waals surface area contributed by atoms with Crippen molar-refractivity contribution < 1.29 is 24.3 Å². The molecule has 1 saturated heterocycles. The molecule has 1 N–H and O–H groups in total. The second-order valence-electron chi connectivity index (χ2n) is 7.01. The van der Waals surface area contributed by atoms with Crippen LogP contribution in [0.2, 0.25) is 0 Å². The SMILES string of the molecule is CC(=O)CC1C2([N+](=O)[O-])C[NH+](C)CC1([N+](=O)[O-])c1ccccc1C2=O. The highest BCUT2D eigenvalue weighted by molar-refractivity contribution is 6.06. The molecule has 1 aromatic carbocycles. The Balaban J connectivity index is 2.43. The number of nitrogens with one attached hydrogen (secondary N) is 1. The summed E-state index contributed by atoms with van der Waals surface area (Å²) in [6.07, 6.45) is -0.380. The van der Waals surface area contributed by atoms with Gasteiger partial charge in [-0.05, 0) is 6.92 Å². The summed E-state index contributed by atoms with van der Waals surface area (Å²) in [5.41, 5.74) is -3.82. The van der Waals surface area contributed by atoms with E-state index in [9.17, 15) is 29.8 Å². The van der Waals surface area contributed by atoms with Crippen molar-refractivity contribution in [2.45, 2.75) is 24.4 Å². The van der Waals surface area contributed by atoms with Crippen LogP contribution in [-0.2, 0) is 10.3 Å². The zero-order chi connectivity index (χ0) is 18.6. The fraction of sp³-hybridized carbons (Fsp3) is 0.500. The number of nitrogens with zero attached hydrogens (tertiary/aromatic N) is 2. The van der Waals surface area contributed by atoms with E-state index in [1.807, 2.05) is 0 Å². The van der Waals surface area contributed by atoms with E-state index in [1.165, 1.54) is 25.1 Å². The molecule has 1 aliphatic carbocycles. The second-order valence-corrected chi connectivity index (χ2v) is 7.01. The lowest BCUT2D eigenvalue weighted by atomic mass is 9.56. The molecular formula is C16H18N3O6+. The topological polar surface area (TPSA) is 125 Å². The van der Waals surface area contributed by atoms with E-state index >= 15 is 0 Å². The lowest BCUT2D eigenvalue weighted by molar-refractivity contribution is -0.932. The summed E-state index contributed by atoms with van der Waals surface area (Å²) >= 11 is 0. The third-order valence-corrected chi connectivity index (χ3v) is 5.47. The van der Waals surface area contributed by atoms with Gasteiger partial charge in [-0.1, -0.05) is 24.3 Å². The minimum atomic E-state index is -2.17. The second kappa shape index (κ2) is 5.41. The summed E-state index contributed by atoms with van der Waals surface area (Å²) in [6, 6.07) is 5.99. The van der Waals surface area contributed by atoms with E-state index in [1.54, 1.807) is 13.1 Å². The van der Waals surface area contributed by atoms with Crippen molar-refractivity contribution in [2.75, 3.05) is 20.1 Å². The molecule has 0 aromatic heterocycles. The first-order valence-electron chi connectivity index (χ1n) is 7.92. The zero-order valence-electron chi connectivity index (χ0n) is 13.9. The number of hydrogen-bond donors (Lipinski definition) is 1. The van der Waals surface area contributed by atoms with Gasteiger partial charge in [-0.25, -0.2) is 0 Å². The average molecular weight is 348 g/mol. The normalized spacial score (nSPS) is 33.4. The van der Waals surface area contributed by atoms with Crippen molar-refractivity contribution in [3.05, 3.63) is 55.6 Å². The molecule has 3 rings (SSSR count). The van der Waals surface area contributed by atoms with Crippen LogP contribution in [0.5, 0.6) is 0 Å². The predicted molar refractivity (Wildman–Crippen MR) is 84.6 cm³/mol. The van der Waals surface area contributed by atoms with Crippen LogP contribution in [0.1, 0.15) is 29.3 Å². The Kier molecular flexibility index (Phi) is 3.72. The number of carbonyl (C=O) groups excluding carboxylic acids is 2. The molecule has 4 unspecified atom stereocenters. The molecule has 9 nitrogen and oxygen atoms in total. The van der Waals surface area contributed by atoms with Crippen LogP contribution in [0, 0.1) is 26.1 Å². The van der Waals surface area contributed by atoms with Gasteiger partial charge >= 0.3 is 11.1 Å². The van der Waals surface area contributed by atoms with Gasteiger partial charge in [0.05, 0.1) is 7.05 Å². The van der Waals surface area contributed by atoms with Crippen molar-refractivity contribution >= 4 is 11.6 Å². The van der Waals surface area contributed by atoms with Crippen molar-refractivity contribution in [3.63, 3.8) is 0 Å². The van der Waals surface area contributed by atoms with Gasteiger partial charge in [0.2, 0.25) is 5.78 Å². The number of hydrogen-bond acceptors (Lipinski definition) is 6. The van der Waals surface area contributed by atoms with Crippen molar-refractivity contribution in [1.29, 1.82) is 0 Å². The first-order chi connectivity index (χ1) is 11.7. The van der Waals surface area contributed by atoms with Gasteiger partial charge in [-0.15, -0.1) is 0 Å². The van der Waals surface area contributed by atoms with Crippen LogP contribution in [-0.4, -0.2) is 47.1 Å². The maximum Gasteiger partial charge on any atom is 0.341 e. The number of quaternary nitrogens is 1. The van der Waals surface area contributed by atoms with E-state index in [-0.39, 0.29) is 30.6 Å². The number of piperidine rings is 1. The van der Waals surface area contributed by atoms with Crippen LogP contribution in [0.15, 0.2) is 24.3 Å². The molecular weight excluding hydrogens is 330 g/mol. The van der Waals surface area contributed by atoms with Crippen LogP contribution in [0.3, 0.4) is 0 Å². The molecule has 25 heavy (non-hydrogen) atoms. The summed E-state index contributed by atoms with van der Waals surface area (Å²) in [7, 11) is 1.60. The predicted octanol–water partition coefficient (Wildman–Crippen LogP) is -0.506. The quantitative estimate of drug-likeness (QED) is 0.577. The molecule has 0 radical (unpaired) electrons. The van der Waals surface area contributed by atoms with Gasteiger partial charge in [-0.3, -0.25) is 25.0 Å².